The van der Waals surface area contributed by atoms with Crippen molar-refractivity contribution in [1.82, 2.24) is 31.5 Å². The first-order chi connectivity index (χ1) is 47.2. The van der Waals surface area contributed by atoms with E-state index in [1.165, 1.54) is 24.3 Å². The van der Waals surface area contributed by atoms with Crippen LogP contribution in [-0.2, 0) is 54.1 Å². The second-order valence-corrected chi connectivity index (χ2v) is 24.7. The summed E-state index contributed by atoms with van der Waals surface area (Å²) in [5.74, 6) is -6.16. The van der Waals surface area contributed by atoms with Crippen LogP contribution in [-0.4, -0.2) is 320 Å². The van der Waals surface area contributed by atoms with E-state index in [0.29, 0.717) is 5.56 Å². The van der Waals surface area contributed by atoms with Crippen molar-refractivity contribution in [2.24, 2.45) is 27.2 Å². The molecule has 0 aliphatic carbocycles. The minimum Gasteiger partial charge on any atom is -0.462 e. The lowest BCUT2D eigenvalue weighted by Crippen LogP contribution is -2.70. The first-order valence-electron chi connectivity index (χ1n) is 31.8. The molecule has 0 bridgehead atoms. The molecule has 0 aromatic heterocycles. The number of nitrogens with one attached hydrogen (secondary N) is 5. The van der Waals surface area contributed by atoms with Gasteiger partial charge >= 0.3 is 0 Å². The normalized spacial score (nSPS) is 31.0. The first kappa shape index (κ1) is 77.1. The Kier molecular flexibility index (Phi) is 27.3. The number of aliphatic imine (C=N–C) groups is 2. The van der Waals surface area contributed by atoms with E-state index in [0.717, 1.165) is 16.2 Å². The van der Waals surface area contributed by atoms with Crippen molar-refractivity contribution in [3.8, 4) is 5.75 Å². The molecule has 5 aliphatic rings. The fourth-order valence-electron chi connectivity index (χ4n) is 11.9. The molecule has 3 saturated heterocycles. The van der Waals surface area contributed by atoms with Crippen LogP contribution >= 0.6 is 0 Å². The number of benzene rings is 3. The molecule has 3 aromatic carbocycles. The number of aliphatic hydroxyl groups excluding tert-OH is 13. The summed E-state index contributed by atoms with van der Waals surface area (Å²) in [6.45, 7) is -2.63. The second kappa shape index (κ2) is 35.1. The number of aldehydes is 1. The van der Waals surface area contributed by atoms with Crippen molar-refractivity contribution in [3.05, 3.63) is 102 Å². The van der Waals surface area contributed by atoms with Gasteiger partial charge in [-0.1, -0.05) is 73.7 Å². The van der Waals surface area contributed by atoms with Crippen LogP contribution in [0.2, 0.25) is 0 Å². The van der Waals surface area contributed by atoms with Gasteiger partial charge in [-0.15, -0.1) is 0 Å². The molecule has 3 fully saturated rings. The Hall–Kier alpha value is -7.67. The van der Waals surface area contributed by atoms with Crippen LogP contribution in [0.3, 0.4) is 0 Å². The predicted octanol–water partition coefficient (Wildman–Crippen LogP) is -9.90. The fraction of sp³-hybridized carbons (Fsp3) is 0.571. The third-order valence-corrected chi connectivity index (χ3v) is 17.8. The minimum absolute atomic E-state index is 0.0364. The molecule has 8 rings (SSSR count). The molecular weight excluding hydrogens is 1310 g/mol. The van der Waals surface area contributed by atoms with Gasteiger partial charge in [0.2, 0.25) is 29.9 Å². The van der Waals surface area contributed by atoms with Gasteiger partial charge in [-0.2, -0.15) is 0 Å². The molecule has 0 radical (unpaired) electrons. The number of carbonyl (C=O) groups is 5. The quantitative estimate of drug-likeness (QED) is 0.0266. The van der Waals surface area contributed by atoms with E-state index in [1.54, 1.807) is 49.4 Å². The SMILES string of the molecule is CC(c1ccccc1)C(N)C(=O)NC(Cc1ccc(OC2OC(CO)C(OC3OC(CO)C(OC/C=C/c4ccc(N(C)C)cc4)C(O)C3O)C(O)C2O)cc1)C(=O)NC(C(=O)NC(C(=O)NC(C=O)CO)C(O)C1CN=C(N)N1C1OC(CO)C(O)C(O)C1O)C(O)C1CN=C(N)N1. The number of nitrogens with two attached hydrogens (primary N) is 3. The van der Waals surface area contributed by atoms with Gasteiger partial charge in [0.1, 0.15) is 122 Å². The molecular formula is C63H90N12O24. The molecule has 3 aromatic rings. The Bertz CT molecular complexity index is 3230. The Morgan fingerprint density at radius 3 is 1.91 bits per heavy atom. The van der Waals surface area contributed by atoms with E-state index in [1.807, 2.05) is 43.3 Å². The van der Waals surface area contributed by atoms with Crippen molar-refractivity contribution >= 4 is 53.6 Å². The highest BCUT2D eigenvalue weighted by molar-refractivity contribution is 5.96. The molecule has 0 saturated carbocycles. The predicted molar refractivity (Wildman–Crippen MR) is 346 cm³/mol. The largest absolute Gasteiger partial charge is 0.462 e. The van der Waals surface area contributed by atoms with E-state index < -0.39 is 221 Å². The third-order valence-electron chi connectivity index (χ3n) is 17.8. The smallest absolute Gasteiger partial charge is 0.246 e. The van der Waals surface area contributed by atoms with Crippen molar-refractivity contribution < 1.29 is 119 Å². The van der Waals surface area contributed by atoms with E-state index in [2.05, 4.69) is 36.6 Å². The van der Waals surface area contributed by atoms with Gasteiger partial charge in [-0.25, -0.2) is 0 Å². The number of nitrogens with zero attached hydrogens (tertiary/aromatic N) is 4. The molecule has 5 aliphatic heterocycles. The van der Waals surface area contributed by atoms with Crippen LogP contribution < -0.4 is 53.4 Å². The van der Waals surface area contributed by atoms with Crippen LogP contribution in [0.25, 0.3) is 6.08 Å². The number of carbonyl (C=O) groups excluding carboxylic acids is 5. The Morgan fingerprint density at radius 1 is 0.687 bits per heavy atom. The summed E-state index contributed by atoms with van der Waals surface area (Å²) in [5, 5.41) is 154. The van der Waals surface area contributed by atoms with Gasteiger partial charge in [-0.3, -0.25) is 29.2 Å². The maximum absolute atomic E-state index is 15.0. The fourth-order valence-corrected chi connectivity index (χ4v) is 11.9. The van der Waals surface area contributed by atoms with E-state index in [9.17, 15) is 90.4 Å². The van der Waals surface area contributed by atoms with Crippen LogP contribution in [0, 0.1) is 0 Å². The lowest BCUT2D eigenvalue weighted by atomic mass is 9.93. The topological polar surface area (TPSA) is 573 Å². The molecule has 4 amide bonds. The number of amides is 4. The number of guanidine groups is 2. The zero-order valence-electron chi connectivity index (χ0n) is 54.2. The van der Waals surface area contributed by atoms with Crippen LogP contribution in [0.4, 0.5) is 5.69 Å². The van der Waals surface area contributed by atoms with Gasteiger partial charge in [0, 0.05) is 32.1 Å². The Morgan fingerprint density at radius 2 is 1.29 bits per heavy atom. The number of rotatable bonds is 31. The van der Waals surface area contributed by atoms with Gasteiger partial charge in [0.05, 0.1) is 64.2 Å². The Labute approximate surface area is 567 Å². The highest BCUT2D eigenvalue weighted by atomic mass is 16.7. The molecule has 36 nitrogen and oxygen atoms in total. The van der Waals surface area contributed by atoms with Crippen molar-refractivity contribution in [2.75, 3.05) is 65.1 Å². The molecule has 546 valence electrons. The lowest BCUT2D eigenvalue weighted by molar-refractivity contribution is -0.354. The standard InChI is InChI=1S/C63H90N12O24/c1-28(31-9-5-4-6-10-31)41(64)56(91)70-35(20-30-13-17-34(18-14-30)95-60-52(89)49(86)54(40(27-80)98-60)99-61-51(88)48(85)53(39(26-79)97-61)94-19-7-8-29-11-15-33(16-12-29)74(2)3)55(90)72-42(44(81)36-21-67-62(65)71-36)58(93)73-43(57(92)69-32(23-76)24-77)45(82)37-22-68-63(66)75(37)59-50(87)47(84)46(83)38(25-78)96-59/h4-18,23,28,32,35-54,59-61,77-89H,19-22,24-27,64H2,1-3H3,(H2,66,68)(H,69,92)(H,70,91)(H,72,90)(H,73,93)(H3,65,67,71)/b8-7+. The molecule has 99 heavy (non-hydrogen) atoms. The van der Waals surface area contributed by atoms with E-state index in [-0.39, 0.29) is 36.7 Å². The zero-order chi connectivity index (χ0) is 72.1. The second-order valence-electron chi connectivity index (χ2n) is 24.7. The number of aliphatic hydroxyl groups is 13. The molecule has 5 heterocycles. The number of hydrogen-bond acceptors (Lipinski definition) is 32. The summed E-state index contributed by atoms with van der Waals surface area (Å²) in [6.07, 6.45) is -26.7. The van der Waals surface area contributed by atoms with Gasteiger partial charge < -0.3 is 153 Å². The molecule has 25 unspecified atom stereocenters. The molecule has 0 spiro atoms. The van der Waals surface area contributed by atoms with Crippen molar-refractivity contribution in [1.29, 1.82) is 0 Å². The summed E-state index contributed by atoms with van der Waals surface area (Å²) in [5.41, 5.74) is 21.4. The number of ether oxygens (including phenoxy) is 6. The maximum Gasteiger partial charge on any atom is 0.246 e. The monoisotopic (exact) mass is 1400 g/mol. The number of anilines is 1. The van der Waals surface area contributed by atoms with Crippen LogP contribution in [0.5, 0.6) is 5.75 Å². The summed E-state index contributed by atoms with van der Waals surface area (Å²) in [6, 6.07) is 9.84. The highest BCUT2D eigenvalue weighted by Gasteiger charge is 2.54. The zero-order valence-corrected chi connectivity index (χ0v) is 54.2. The Balaban J connectivity index is 0.993. The lowest BCUT2D eigenvalue weighted by Gasteiger charge is -2.46. The minimum atomic E-state index is -2.26. The van der Waals surface area contributed by atoms with Crippen molar-refractivity contribution in [2.45, 2.75) is 166 Å². The summed E-state index contributed by atoms with van der Waals surface area (Å²) < 4.78 is 35.0. The van der Waals surface area contributed by atoms with Gasteiger partial charge in [-0.05, 0) is 41.0 Å². The maximum atomic E-state index is 15.0. The summed E-state index contributed by atoms with van der Waals surface area (Å²) in [7, 11) is 3.82. The average Bonchev–Trinajstić information content (AvgIpc) is 1.73. The van der Waals surface area contributed by atoms with Gasteiger partial charge in [0.15, 0.2) is 24.4 Å². The first-order valence-corrected chi connectivity index (χ1v) is 31.8. The molecule has 24 N–H and O–H groups in total. The average molecular weight is 1400 g/mol. The van der Waals surface area contributed by atoms with Crippen LogP contribution in [0.15, 0.2) is 94.9 Å². The van der Waals surface area contributed by atoms with Crippen LogP contribution in [0.1, 0.15) is 29.5 Å². The summed E-state index contributed by atoms with van der Waals surface area (Å²) in [4.78, 5) is 81.2. The van der Waals surface area contributed by atoms with Gasteiger partial charge in [0.25, 0.3) is 0 Å². The highest BCUT2D eigenvalue weighted by Crippen LogP contribution is 2.33. The third kappa shape index (κ3) is 18.5. The molecule has 36 heteroatoms. The van der Waals surface area contributed by atoms with Crippen molar-refractivity contribution in [3.63, 3.8) is 0 Å². The number of hydrogen-bond donors (Lipinski definition) is 21. The molecule has 25 atom stereocenters. The van der Waals surface area contributed by atoms with E-state index >= 15 is 0 Å². The van der Waals surface area contributed by atoms with E-state index in [4.69, 9.17) is 45.6 Å². The summed E-state index contributed by atoms with van der Waals surface area (Å²) >= 11 is 0.